The van der Waals surface area contributed by atoms with Gasteiger partial charge in [0.15, 0.2) is 0 Å². The van der Waals surface area contributed by atoms with E-state index in [2.05, 4.69) is 11.9 Å². The highest BCUT2D eigenvalue weighted by atomic mass is 32.2. The summed E-state index contributed by atoms with van der Waals surface area (Å²) in [6.45, 7) is 12.9. The van der Waals surface area contributed by atoms with Crippen LogP contribution < -0.4 is 5.32 Å². The van der Waals surface area contributed by atoms with Gasteiger partial charge in [0.25, 0.3) is 16.0 Å². The van der Waals surface area contributed by atoms with Crippen molar-refractivity contribution in [1.29, 1.82) is 0 Å². The Balaban J connectivity index is 4.53. The van der Waals surface area contributed by atoms with Crippen LogP contribution in [-0.4, -0.2) is 55.4 Å². The van der Waals surface area contributed by atoms with Crippen LogP contribution in [0, 0.1) is 0 Å². The first-order valence-corrected chi connectivity index (χ1v) is 7.56. The SMILES string of the molecule is C=C(C[N+](CC)(CC)CC)C(=O)NCS(=O)(=O)O. The molecule has 0 spiro atoms. The number of likely N-dealkylation sites (N-methyl/N-ethyl adjacent to an activating group) is 1. The van der Waals surface area contributed by atoms with Crippen LogP contribution in [0.25, 0.3) is 0 Å². The summed E-state index contributed by atoms with van der Waals surface area (Å²) in [5.74, 6) is -1.32. The molecule has 0 atom stereocenters. The maximum absolute atomic E-state index is 11.6. The van der Waals surface area contributed by atoms with Crippen molar-refractivity contribution in [2.24, 2.45) is 0 Å². The standard InChI is InChI=1S/C11H22N2O4S/c1-5-13(6-2,7-3)8-10(4)11(14)12-9-18(15,16)17/h4-9H2,1-3H3,(H-,12,14,15,16,17)/p+1. The third-order valence-corrected chi connectivity index (χ3v) is 3.78. The fraction of sp³-hybridized carbons (Fsp3) is 0.727. The molecule has 7 heteroatoms. The number of hydrogen-bond donors (Lipinski definition) is 2. The highest BCUT2D eigenvalue weighted by Crippen LogP contribution is 2.09. The smallest absolute Gasteiger partial charge is 0.283 e. The molecule has 0 bridgehead atoms. The first-order chi connectivity index (χ1) is 8.19. The minimum atomic E-state index is -4.19. The fourth-order valence-corrected chi connectivity index (χ4v) is 2.08. The Bertz CT molecular complexity index is 391. The maximum atomic E-state index is 11.6. The summed E-state index contributed by atoms with van der Waals surface area (Å²) < 4.78 is 30.3. The van der Waals surface area contributed by atoms with E-state index < -0.39 is 21.9 Å². The summed E-state index contributed by atoms with van der Waals surface area (Å²) in [6, 6.07) is 0. The Labute approximate surface area is 109 Å². The van der Waals surface area contributed by atoms with Crippen molar-refractivity contribution in [2.45, 2.75) is 20.8 Å². The molecule has 1 amide bonds. The molecule has 0 aliphatic carbocycles. The van der Waals surface area contributed by atoms with E-state index in [9.17, 15) is 13.2 Å². The van der Waals surface area contributed by atoms with E-state index in [0.717, 1.165) is 24.1 Å². The zero-order valence-electron chi connectivity index (χ0n) is 11.3. The topological polar surface area (TPSA) is 83.5 Å². The summed E-state index contributed by atoms with van der Waals surface area (Å²) in [7, 11) is -4.19. The van der Waals surface area contributed by atoms with Crippen LogP contribution >= 0.6 is 0 Å². The molecule has 0 aliphatic rings. The van der Waals surface area contributed by atoms with E-state index in [1.165, 1.54) is 0 Å². The molecule has 0 radical (unpaired) electrons. The molecule has 0 saturated carbocycles. The molecule has 106 valence electrons. The van der Waals surface area contributed by atoms with E-state index in [-0.39, 0.29) is 0 Å². The molecule has 0 saturated heterocycles. The summed E-state index contributed by atoms with van der Waals surface area (Å²) in [6.07, 6.45) is 0. The molecule has 0 heterocycles. The van der Waals surface area contributed by atoms with Crippen LogP contribution in [0.15, 0.2) is 12.2 Å². The Morgan fingerprint density at radius 1 is 1.22 bits per heavy atom. The third kappa shape index (κ3) is 5.61. The van der Waals surface area contributed by atoms with Crippen molar-refractivity contribution >= 4 is 16.0 Å². The van der Waals surface area contributed by atoms with Crippen molar-refractivity contribution in [3.63, 3.8) is 0 Å². The number of hydrogen-bond acceptors (Lipinski definition) is 3. The molecule has 6 nitrogen and oxygen atoms in total. The molecule has 0 rings (SSSR count). The molecule has 18 heavy (non-hydrogen) atoms. The summed E-state index contributed by atoms with van der Waals surface area (Å²) in [5, 5.41) is 2.13. The van der Waals surface area contributed by atoms with Crippen LogP contribution in [0.4, 0.5) is 0 Å². The Kier molecular flexibility index (Phi) is 6.51. The second kappa shape index (κ2) is 6.86. The minimum Gasteiger partial charge on any atom is -0.336 e. The van der Waals surface area contributed by atoms with Crippen molar-refractivity contribution in [3.8, 4) is 0 Å². The first-order valence-electron chi connectivity index (χ1n) is 5.96. The third-order valence-electron chi connectivity index (χ3n) is 3.27. The summed E-state index contributed by atoms with van der Waals surface area (Å²) in [5.41, 5.74) is 0.323. The number of carbonyl (C=O) groups excluding carboxylic acids is 1. The minimum absolute atomic E-state index is 0.323. The Hall–Kier alpha value is -0.920. The van der Waals surface area contributed by atoms with Gasteiger partial charge in [0, 0.05) is 0 Å². The van der Waals surface area contributed by atoms with Gasteiger partial charge in [-0.2, -0.15) is 8.42 Å². The molecule has 0 aromatic carbocycles. The van der Waals surface area contributed by atoms with Crippen LogP contribution in [0.1, 0.15) is 20.8 Å². The van der Waals surface area contributed by atoms with Crippen LogP contribution in [0.3, 0.4) is 0 Å². The lowest BCUT2D eigenvalue weighted by molar-refractivity contribution is -0.918. The van der Waals surface area contributed by atoms with E-state index >= 15 is 0 Å². The van der Waals surface area contributed by atoms with Crippen LogP contribution in [0.2, 0.25) is 0 Å². The quantitative estimate of drug-likeness (QED) is 0.382. The average Bonchev–Trinajstić information content (AvgIpc) is 2.32. The average molecular weight is 279 g/mol. The molecule has 0 fully saturated rings. The van der Waals surface area contributed by atoms with Gasteiger partial charge >= 0.3 is 0 Å². The van der Waals surface area contributed by atoms with Crippen molar-refractivity contribution < 1.29 is 22.2 Å². The zero-order valence-corrected chi connectivity index (χ0v) is 12.1. The number of rotatable bonds is 8. The van der Waals surface area contributed by atoms with Gasteiger partial charge in [-0.15, -0.1) is 0 Å². The monoisotopic (exact) mass is 279 g/mol. The Morgan fingerprint density at radius 3 is 2.00 bits per heavy atom. The highest BCUT2D eigenvalue weighted by molar-refractivity contribution is 7.85. The first kappa shape index (κ1) is 17.1. The van der Waals surface area contributed by atoms with Gasteiger partial charge in [-0.05, 0) is 20.8 Å². The second-order valence-corrected chi connectivity index (χ2v) is 5.74. The second-order valence-electron chi connectivity index (χ2n) is 4.28. The van der Waals surface area contributed by atoms with Gasteiger partial charge in [-0.1, -0.05) is 6.58 Å². The van der Waals surface area contributed by atoms with Crippen molar-refractivity contribution in [3.05, 3.63) is 12.2 Å². The van der Waals surface area contributed by atoms with Gasteiger partial charge in [-0.3, -0.25) is 9.35 Å². The number of nitrogens with zero attached hydrogens (tertiary/aromatic N) is 1. The molecule has 2 N–H and O–H groups in total. The van der Waals surface area contributed by atoms with Crippen LogP contribution in [0.5, 0.6) is 0 Å². The van der Waals surface area contributed by atoms with E-state index in [1.807, 2.05) is 20.8 Å². The molecular weight excluding hydrogens is 256 g/mol. The predicted molar refractivity (Wildman–Crippen MR) is 70.4 cm³/mol. The van der Waals surface area contributed by atoms with E-state index in [0.29, 0.717) is 12.1 Å². The summed E-state index contributed by atoms with van der Waals surface area (Å²) in [4.78, 5) is 11.6. The van der Waals surface area contributed by atoms with E-state index in [1.54, 1.807) is 0 Å². The fourth-order valence-electron chi connectivity index (χ4n) is 1.76. The van der Waals surface area contributed by atoms with Gasteiger partial charge in [0.2, 0.25) is 0 Å². The molecule has 0 aromatic rings. The molecule has 0 aliphatic heterocycles. The molecule has 0 aromatic heterocycles. The number of nitrogens with one attached hydrogen (secondary N) is 1. The van der Waals surface area contributed by atoms with Gasteiger partial charge in [0.1, 0.15) is 12.4 Å². The predicted octanol–water partition coefficient (Wildman–Crippen LogP) is 0.381. The zero-order chi connectivity index (χ0) is 14.4. The summed E-state index contributed by atoms with van der Waals surface area (Å²) >= 11 is 0. The van der Waals surface area contributed by atoms with Gasteiger partial charge in [0.05, 0.1) is 25.2 Å². The van der Waals surface area contributed by atoms with Gasteiger partial charge < -0.3 is 9.80 Å². The molecular formula is C11H23N2O4S+. The molecule has 0 unspecified atom stereocenters. The van der Waals surface area contributed by atoms with Crippen molar-refractivity contribution in [1.82, 2.24) is 5.32 Å². The lowest BCUT2D eigenvalue weighted by Crippen LogP contribution is -2.50. The lowest BCUT2D eigenvalue weighted by Gasteiger charge is -2.36. The largest absolute Gasteiger partial charge is 0.336 e. The number of quaternary nitrogens is 1. The Morgan fingerprint density at radius 2 is 1.67 bits per heavy atom. The van der Waals surface area contributed by atoms with Crippen LogP contribution in [-0.2, 0) is 14.9 Å². The number of amides is 1. The van der Waals surface area contributed by atoms with E-state index in [4.69, 9.17) is 4.55 Å². The van der Waals surface area contributed by atoms with Gasteiger partial charge in [-0.25, -0.2) is 0 Å². The number of carbonyl (C=O) groups is 1. The lowest BCUT2D eigenvalue weighted by atomic mass is 10.2. The maximum Gasteiger partial charge on any atom is 0.283 e. The van der Waals surface area contributed by atoms with Crippen molar-refractivity contribution in [2.75, 3.05) is 32.1 Å². The normalized spacial score (nSPS) is 12.2. The highest BCUT2D eigenvalue weighted by Gasteiger charge is 2.24.